The zero-order valence-corrected chi connectivity index (χ0v) is 29.1. The van der Waals surface area contributed by atoms with Gasteiger partial charge in [-0.15, -0.1) is 0 Å². The molecule has 0 atom stereocenters. The second-order valence-electron chi connectivity index (χ2n) is 16.5. The highest BCUT2D eigenvalue weighted by Gasteiger charge is 2.61. The van der Waals surface area contributed by atoms with Gasteiger partial charge >= 0.3 is 0 Å². The molecule has 0 aliphatic heterocycles. The van der Waals surface area contributed by atoms with Crippen molar-refractivity contribution >= 4 is 54.4 Å². The standard InChI is InChI=1S/C50H38N2/c1-2-12-35(13-3-1)51-43-19-9-7-15-37(43)38-17-10-20-45(49(38)51)52-44-24-23-42-46(47(44)40-22-21-32-11-4-5-14-36(32)48(40)52)39-16-6-8-18-41(39)50(42)33-26-30-25-31(28-33)29-34(50)27-30/h1-24,30-31,33-34H,25-29H2. The van der Waals surface area contributed by atoms with Crippen molar-refractivity contribution in [3.8, 4) is 22.5 Å². The summed E-state index contributed by atoms with van der Waals surface area (Å²) in [6.07, 6.45) is 7.07. The van der Waals surface area contributed by atoms with Crippen molar-refractivity contribution in [2.45, 2.75) is 37.5 Å². The summed E-state index contributed by atoms with van der Waals surface area (Å²) < 4.78 is 5.13. The molecule has 248 valence electrons. The molecule has 2 heteroatoms. The van der Waals surface area contributed by atoms with Gasteiger partial charge in [0.15, 0.2) is 0 Å². The molecule has 0 saturated heterocycles. The largest absolute Gasteiger partial charge is 0.307 e. The van der Waals surface area contributed by atoms with Crippen molar-refractivity contribution < 1.29 is 0 Å². The van der Waals surface area contributed by atoms with Crippen LogP contribution in [0.15, 0.2) is 146 Å². The van der Waals surface area contributed by atoms with Crippen molar-refractivity contribution in [2.75, 3.05) is 0 Å². The van der Waals surface area contributed by atoms with Gasteiger partial charge in [-0.05, 0) is 114 Å². The van der Waals surface area contributed by atoms with Gasteiger partial charge in [0.1, 0.15) is 0 Å². The molecule has 4 saturated carbocycles. The molecule has 52 heavy (non-hydrogen) atoms. The van der Waals surface area contributed by atoms with E-state index in [4.69, 9.17) is 0 Å². The SMILES string of the molecule is c1ccc(-n2c3ccccc3c3cccc(-n4c5ccc6c(c5c5ccc7ccccc7c54)-c4ccccc4C64C5CC6CC(C5)CC4C6)c32)cc1. The summed E-state index contributed by atoms with van der Waals surface area (Å²) in [6, 6.07) is 55.4. The number of aromatic nitrogens is 2. The van der Waals surface area contributed by atoms with Crippen molar-refractivity contribution in [1.82, 2.24) is 9.13 Å². The zero-order chi connectivity index (χ0) is 33.7. The van der Waals surface area contributed by atoms with E-state index in [0.29, 0.717) is 0 Å². The Hall–Kier alpha value is -5.60. The highest BCUT2D eigenvalue weighted by Crippen LogP contribution is 2.70. The first-order chi connectivity index (χ1) is 25.8. The normalized spacial score (nSPS) is 24.2. The van der Waals surface area contributed by atoms with E-state index in [0.717, 1.165) is 23.7 Å². The molecule has 2 heterocycles. The van der Waals surface area contributed by atoms with Crippen molar-refractivity contribution in [2.24, 2.45) is 23.7 Å². The minimum atomic E-state index is 0.137. The summed E-state index contributed by atoms with van der Waals surface area (Å²) in [7, 11) is 0. The Bertz CT molecular complexity index is 2950. The van der Waals surface area contributed by atoms with Gasteiger partial charge < -0.3 is 9.13 Å². The third-order valence-electron chi connectivity index (χ3n) is 14.3. The van der Waals surface area contributed by atoms with Crippen LogP contribution in [-0.4, -0.2) is 9.13 Å². The lowest BCUT2D eigenvalue weighted by Gasteiger charge is -2.61. The maximum Gasteiger partial charge on any atom is 0.0782 e. The fraction of sp³-hybridized carbons (Fsp3) is 0.200. The van der Waals surface area contributed by atoms with Crippen LogP contribution < -0.4 is 0 Å². The average molecular weight is 667 g/mol. The van der Waals surface area contributed by atoms with Gasteiger partial charge in [0.2, 0.25) is 0 Å². The Morgan fingerprint density at radius 1 is 0.442 bits per heavy atom. The Labute approximate surface area is 302 Å². The quantitative estimate of drug-likeness (QED) is 0.174. The van der Waals surface area contributed by atoms with Gasteiger partial charge in [-0.3, -0.25) is 0 Å². The summed E-state index contributed by atoms with van der Waals surface area (Å²) in [5.41, 5.74) is 13.9. The summed E-state index contributed by atoms with van der Waals surface area (Å²) in [4.78, 5) is 0. The number of hydrogen-bond donors (Lipinski definition) is 0. The maximum atomic E-state index is 2.64. The highest BCUT2D eigenvalue weighted by molar-refractivity contribution is 6.24. The summed E-state index contributed by atoms with van der Waals surface area (Å²) >= 11 is 0. The van der Waals surface area contributed by atoms with Gasteiger partial charge in [-0.1, -0.05) is 115 Å². The van der Waals surface area contributed by atoms with Gasteiger partial charge in [-0.2, -0.15) is 0 Å². The van der Waals surface area contributed by atoms with Crippen LogP contribution in [0.2, 0.25) is 0 Å². The fourth-order valence-electron chi connectivity index (χ4n) is 12.8. The van der Waals surface area contributed by atoms with Crippen LogP contribution in [0.1, 0.15) is 43.2 Å². The van der Waals surface area contributed by atoms with E-state index in [1.807, 2.05) is 0 Å². The Morgan fingerprint density at radius 3 is 2.00 bits per heavy atom. The van der Waals surface area contributed by atoms with E-state index in [-0.39, 0.29) is 5.41 Å². The van der Waals surface area contributed by atoms with Crippen LogP contribution in [0.5, 0.6) is 0 Å². The molecule has 0 unspecified atom stereocenters. The second kappa shape index (κ2) is 9.83. The van der Waals surface area contributed by atoms with Crippen molar-refractivity contribution in [1.29, 1.82) is 0 Å². The molecule has 7 aromatic carbocycles. The highest BCUT2D eigenvalue weighted by atomic mass is 15.1. The molecule has 0 N–H and O–H groups in total. The van der Waals surface area contributed by atoms with Crippen LogP contribution in [0.4, 0.5) is 0 Å². The van der Waals surface area contributed by atoms with Crippen LogP contribution in [0.25, 0.3) is 76.9 Å². The minimum Gasteiger partial charge on any atom is -0.307 e. The zero-order valence-electron chi connectivity index (χ0n) is 29.1. The third kappa shape index (κ3) is 3.29. The molecule has 2 aromatic heterocycles. The predicted molar refractivity (Wildman–Crippen MR) is 216 cm³/mol. The van der Waals surface area contributed by atoms with Crippen LogP contribution in [0, 0.1) is 23.7 Å². The van der Waals surface area contributed by atoms with Gasteiger partial charge in [0, 0.05) is 38.0 Å². The molecular formula is C50H38N2. The fourth-order valence-corrected chi connectivity index (χ4v) is 12.8. The number of benzene rings is 7. The lowest BCUT2D eigenvalue weighted by atomic mass is 9.43. The number of fused-ring (bicyclic) bond motifs is 12. The van der Waals surface area contributed by atoms with Crippen LogP contribution in [0.3, 0.4) is 0 Å². The molecule has 14 rings (SSSR count). The molecule has 0 amide bonds. The third-order valence-corrected chi connectivity index (χ3v) is 14.3. The van der Waals surface area contributed by atoms with E-state index in [9.17, 15) is 0 Å². The van der Waals surface area contributed by atoms with E-state index in [1.54, 1.807) is 11.1 Å². The first-order valence-corrected chi connectivity index (χ1v) is 19.5. The summed E-state index contributed by atoms with van der Waals surface area (Å²) in [5, 5.41) is 7.94. The topological polar surface area (TPSA) is 9.86 Å². The van der Waals surface area contributed by atoms with Gasteiger partial charge in [0.25, 0.3) is 0 Å². The lowest BCUT2D eigenvalue weighted by Crippen LogP contribution is -2.55. The first-order valence-electron chi connectivity index (χ1n) is 19.5. The number of para-hydroxylation sites is 3. The molecular weight excluding hydrogens is 629 g/mol. The number of rotatable bonds is 2. The molecule has 4 bridgehead atoms. The lowest BCUT2D eigenvalue weighted by molar-refractivity contribution is -0.0399. The molecule has 5 aliphatic rings. The molecule has 0 radical (unpaired) electrons. The molecule has 9 aromatic rings. The monoisotopic (exact) mass is 666 g/mol. The number of hydrogen-bond acceptors (Lipinski definition) is 0. The van der Waals surface area contributed by atoms with Gasteiger partial charge in [0.05, 0.1) is 27.8 Å². The van der Waals surface area contributed by atoms with Gasteiger partial charge in [-0.25, -0.2) is 0 Å². The smallest absolute Gasteiger partial charge is 0.0782 e. The predicted octanol–water partition coefficient (Wildman–Crippen LogP) is 12.8. The maximum absolute atomic E-state index is 2.64. The van der Waals surface area contributed by atoms with Crippen LogP contribution >= 0.6 is 0 Å². The Kier molecular flexibility index (Phi) is 5.30. The molecule has 2 nitrogen and oxygen atoms in total. The van der Waals surface area contributed by atoms with Crippen molar-refractivity contribution in [3.63, 3.8) is 0 Å². The molecule has 1 spiro atoms. The Morgan fingerprint density at radius 2 is 1.15 bits per heavy atom. The van der Waals surface area contributed by atoms with E-state index in [1.165, 1.54) is 109 Å². The summed E-state index contributed by atoms with van der Waals surface area (Å²) in [5.74, 6) is 3.35. The molecule has 5 aliphatic carbocycles. The second-order valence-corrected chi connectivity index (χ2v) is 16.5. The molecule has 4 fully saturated rings. The number of nitrogens with zero attached hydrogens (tertiary/aromatic N) is 2. The first kappa shape index (κ1) is 28.0. The van der Waals surface area contributed by atoms with Crippen molar-refractivity contribution in [3.05, 3.63) is 157 Å². The Balaban J connectivity index is 1.22. The minimum absolute atomic E-state index is 0.137. The van der Waals surface area contributed by atoms with Crippen LogP contribution in [-0.2, 0) is 5.41 Å². The summed E-state index contributed by atoms with van der Waals surface area (Å²) in [6.45, 7) is 0. The average Bonchev–Trinajstić information content (AvgIpc) is 3.82. The van der Waals surface area contributed by atoms with E-state index in [2.05, 4.69) is 155 Å². The van der Waals surface area contributed by atoms with E-state index < -0.39 is 0 Å². The van der Waals surface area contributed by atoms with E-state index >= 15 is 0 Å².